The van der Waals surface area contributed by atoms with Crippen molar-refractivity contribution in [2.24, 2.45) is 11.7 Å². The number of hydrogen-bond donors (Lipinski definition) is 2. The molecule has 0 fully saturated rings. The van der Waals surface area contributed by atoms with Crippen molar-refractivity contribution in [3.8, 4) is 0 Å². The molecular weight excluding hydrogens is 234 g/mol. The highest BCUT2D eigenvalue weighted by molar-refractivity contribution is 5.87. The van der Waals surface area contributed by atoms with E-state index in [0.29, 0.717) is 5.69 Å². The van der Waals surface area contributed by atoms with Crippen LogP contribution in [0, 0.1) is 5.92 Å². The highest BCUT2D eigenvalue weighted by Crippen LogP contribution is 2.02. The Labute approximate surface area is 106 Å². The van der Waals surface area contributed by atoms with Crippen LogP contribution in [-0.4, -0.2) is 32.7 Å². The van der Waals surface area contributed by atoms with Gasteiger partial charge in [0.2, 0.25) is 5.91 Å². The molecule has 7 nitrogen and oxygen atoms in total. The van der Waals surface area contributed by atoms with Gasteiger partial charge in [0.15, 0.2) is 5.78 Å². The third-order valence-electron chi connectivity index (χ3n) is 2.52. The minimum absolute atomic E-state index is 0.0312. The average molecular weight is 253 g/mol. The number of nitrogens with two attached hydrogens (primary N) is 1. The molecule has 100 valence electrons. The van der Waals surface area contributed by atoms with Gasteiger partial charge in [-0.15, -0.1) is 5.10 Å². The lowest BCUT2D eigenvalue weighted by atomic mass is 10.0. The molecule has 1 rings (SSSR count). The number of Topliss-reactive ketones (excluding diaryl/α,β-unsaturated/α-hetero) is 1. The Morgan fingerprint density at radius 3 is 2.61 bits per heavy atom. The first kappa shape index (κ1) is 14.3. The quantitative estimate of drug-likeness (QED) is 0.709. The average Bonchev–Trinajstić information content (AvgIpc) is 2.72. The minimum atomic E-state index is -0.463. The number of amides is 1. The molecule has 0 aliphatic heterocycles. The Bertz CT molecular complexity index is 427. The Hall–Kier alpha value is -1.76. The van der Waals surface area contributed by atoms with Gasteiger partial charge >= 0.3 is 0 Å². The van der Waals surface area contributed by atoms with Crippen LogP contribution in [0.1, 0.15) is 26.5 Å². The molecule has 1 atom stereocenters. The van der Waals surface area contributed by atoms with Crippen LogP contribution in [-0.2, 0) is 22.7 Å². The predicted molar refractivity (Wildman–Crippen MR) is 65.4 cm³/mol. The Morgan fingerprint density at radius 1 is 1.50 bits per heavy atom. The van der Waals surface area contributed by atoms with Gasteiger partial charge in [-0.25, -0.2) is 4.68 Å². The summed E-state index contributed by atoms with van der Waals surface area (Å²) in [6.45, 7) is 5.54. The van der Waals surface area contributed by atoms with Crippen molar-refractivity contribution in [1.82, 2.24) is 20.3 Å². The number of nitrogens with one attached hydrogen (secondary N) is 1. The molecule has 0 aromatic carbocycles. The normalized spacial score (nSPS) is 12.5. The molecule has 1 heterocycles. The summed E-state index contributed by atoms with van der Waals surface area (Å²) in [7, 11) is 0. The number of nitrogens with zero attached hydrogens (tertiary/aromatic N) is 3. The topological polar surface area (TPSA) is 103 Å². The fraction of sp³-hybridized carbons (Fsp3) is 0.636. The van der Waals surface area contributed by atoms with Gasteiger partial charge in [0.25, 0.3) is 0 Å². The minimum Gasteiger partial charge on any atom is -0.344 e. The zero-order chi connectivity index (χ0) is 13.7. The molecule has 0 saturated heterocycles. The monoisotopic (exact) mass is 253 g/mol. The van der Waals surface area contributed by atoms with Crippen molar-refractivity contribution in [3.05, 3.63) is 11.9 Å². The summed E-state index contributed by atoms with van der Waals surface area (Å²) in [5.74, 6) is -0.265. The van der Waals surface area contributed by atoms with E-state index in [4.69, 9.17) is 5.73 Å². The molecule has 1 aromatic heterocycles. The number of carbonyl (C=O) groups excluding carboxylic acids is 2. The maximum atomic E-state index is 11.7. The summed E-state index contributed by atoms with van der Waals surface area (Å²) in [6, 6.07) is -0.463. The number of aromatic nitrogens is 3. The lowest BCUT2D eigenvalue weighted by Gasteiger charge is -2.19. The van der Waals surface area contributed by atoms with Crippen LogP contribution in [0.5, 0.6) is 0 Å². The van der Waals surface area contributed by atoms with Gasteiger partial charge in [-0.05, 0) is 12.8 Å². The second-order valence-corrected chi connectivity index (χ2v) is 4.51. The second kappa shape index (κ2) is 6.25. The molecule has 1 amide bonds. The van der Waals surface area contributed by atoms with E-state index in [9.17, 15) is 9.59 Å². The molecule has 0 aliphatic rings. The first-order chi connectivity index (χ1) is 8.43. The van der Waals surface area contributed by atoms with Crippen molar-refractivity contribution in [2.45, 2.75) is 39.9 Å². The van der Waals surface area contributed by atoms with Crippen LogP contribution in [0.3, 0.4) is 0 Å². The third kappa shape index (κ3) is 3.92. The van der Waals surface area contributed by atoms with Crippen molar-refractivity contribution >= 4 is 11.7 Å². The van der Waals surface area contributed by atoms with Crippen molar-refractivity contribution in [2.75, 3.05) is 0 Å². The maximum Gasteiger partial charge on any atom is 0.242 e. The second-order valence-electron chi connectivity index (χ2n) is 4.51. The van der Waals surface area contributed by atoms with Gasteiger partial charge in [-0.1, -0.05) is 19.1 Å². The largest absolute Gasteiger partial charge is 0.344 e. The summed E-state index contributed by atoms with van der Waals surface area (Å²) >= 11 is 0. The molecule has 1 aromatic rings. The van der Waals surface area contributed by atoms with Gasteiger partial charge in [0, 0.05) is 6.54 Å². The van der Waals surface area contributed by atoms with Gasteiger partial charge in [-0.2, -0.15) is 0 Å². The number of hydrogen-bond acceptors (Lipinski definition) is 5. The zero-order valence-electron chi connectivity index (χ0n) is 10.9. The van der Waals surface area contributed by atoms with E-state index in [0.717, 1.165) is 0 Å². The van der Waals surface area contributed by atoms with E-state index in [1.807, 2.05) is 13.8 Å². The molecule has 0 bridgehead atoms. The van der Waals surface area contributed by atoms with Gasteiger partial charge in [0.1, 0.15) is 6.54 Å². The highest BCUT2D eigenvalue weighted by Gasteiger charge is 2.20. The molecule has 18 heavy (non-hydrogen) atoms. The molecule has 7 heteroatoms. The molecule has 0 spiro atoms. The fourth-order valence-electron chi connectivity index (χ4n) is 1.61. The van der Waals surface area contributed by atoms with Crippen LogP contribution in [0.15, 0.2) is 6.20 Å². The van der Waals surface area contributed by atoms with Gasteiger partial charge in [-0.3, -0.25) is 9.59 Å². The molecule has 3 N–H and O–H groups in total. The van der Waals surface area contributed by atoms with E-state index < -0.39 is 6.04 Å². The summed E-state index contributed by atoms with van der Waals surface area (Å²) in [4.78, 5) is 23.1. The summed E-state index contributed by atoms with van der Waals surface area (Å²) < 4.78 is 1.40. The Kier molecular flexibility index (Phi) is 4.96. The third-order valence-corrected chi connectivity index (χ3v) is 2.52. The lowest BCUT2D eigenvalue weighted by Crippen LogP contribution is -2.44. The summed E-state index contributed by atoms with van der Waals surface area (Å²) in [6.07, 6.45) is 1.61. The zero-order valence-corrected chi connectivity index (χ0v) is 10.9. The molecular formula is C11H19N5O2. The Morgan fingerprint density at radius 2 is 2.17 bits per heavy atom. The van der Waals surface area contributed by atoms with Crippen molar-refractivity contribution in [3.63, 3.8) is 0 Å². The van der Waals surface area contributed by atoms with Crippen LogP contribution in [0.2, 0.25) is 0 Å². The van der Waals surface area contributed by atoms with Gasteiger partial charge < -0.3 is 11.1 Å². The smallest absolute Gasteiger partial charge is 0.242 e. The Balaban J connectivity index is 2.57. The van der Waals surface area contributed by atoms with Crippen LogP contribution >= 0.6 is 0 Å². The first-order valence-electron chi connectivity index (χ1n) is 5.83. The van der Waals surface area contributed by atoms with E-state index in [1.54, 1.807) is 6.20 Å². The predicted octanol–water partition coefficient (Wildman–Crippen LogP) is -0.533. The number of ketones is 1. The van der Waals surface area contributed by atoms with Crippen LogP contribution < -0.4 is 11.1 Å². The number of carbonyl (C=O) groups is 2. The highest BCUT2D eigenvalue weighted by atomic mass is 16.2. The van der Waals surface area contributed by atoms with Gasteiger partial charge in [0.05, 0.1) is 17.9 Å². The fourth-order valence-corrected chi connectivity index (χ4v) is 1.61. The SMILES string of the molecule is CC(=O)C(NC(=O)Cn1cc(CN)nn1)C(C)C. The van der Waals surface area contributed by atoms with E-state index >= 15 is 0 Å². The first-order valence-corrected chi connectivity index (χ1v) is 5.83. The molecule has 0 aliphatic carbocycles. The molecule has 1 unspecified atom stereocenters. The number of rotatable bonds is 6. The summed E-state index contributed by atoms with van der Waals surface area (Å²) in [5, 5.41) is 10.2. The van der Waals surface area contributed by atoms with Crippen molar-refractivity contribution < 1.29 is 9.59 Å². The van der Waals surface area contributed by atoms with E-state index in [-0.39, 0.29) is 30.7 Å². The van der Waals surface area contributed by atoms with Crippen LogP contribution in [0.25, 0.3) is 0 Å². The van der Waals surface area contributed by atoms with E-state index in [2.05, 4.69) is 15.6 Å². The standard InChI is InChI=1S/C11H19N5O2/c1-7(2)11(8(3)17)13-10(18)6-16-5-9(4-12)14-15-16/h5,7,11H,4,6,12H2,1-3H3,(H,13,18). The van der Waals surface area contributed by atoms with E-state index in [1.165, 1.54) is 11.6 Å². The van der Waals surface area contributed by atoms with Crippen LogP contribution in [0.4, 0.5) is 0 Å². The van der Waals surface area contributed by atoms with Crippen molar-refractivity contribution in [1.29, 1.82) is 0 Å². The maximum absolute atomic E-state index is 11.7. The summed E-state index contributed by atoms with van der Waals surface area (Å²) in [5.41, 5.74) is 6.01. The molecule has 0 saturated carbocycles. The molecule has 0 radical (unpaired) electrons. The lowest BCUT2D eigenvalue weighted by molar-refractivity contribution is -0.128.